The van der Waals surface area contributed by atoms with Gasteiger partial charge in [0.2, 0.25) is 0 Å². The molecule has 0 amide bonds. The number of carboxylic acids is 1. The Morgan fingerprint density at radius 2 is 1.93 bits per heavy atom. The minimum absolute atomic E-state index is 0.489. The summed E-state index contributed by atoms with van der Waals surface area (Å²) in [7, 11) is 0. The Labute approximate surface area is 162 Å². The van der Waals surface area contributed by atoms with Crippen molar-refractivity contribution in [3.8, 4) is 5.00 Å². The Hall–Kier alpha value is -2.66. The lowest BCUT2D eigenvalue weighted by Gasteiger charge is -2.11. The molecule has 0 radical (unpaired) electrons. The van der Waals surface area contributed by atoms with Gasteiger partial charge in [-0.1, -0.05) is 18.2 Å². The average Bonchev–Trinajstić information content (AvgIpc) is 3.17. The van der Waals surface area contributed by atoms with Gasteiger partial charge in [0, 0.05) is 28.0 Å². The van der Waals surface area contributed by atoms with Gasteiger partial charge in [0.25, 0.3) is 0 Å². The van der Waals surface area contributed by atoms with E-state index in [0.717, 1.165) is 58.9 Å². The molecular weight excluding hydrogens is 356 g/mol. The Morgan fingerprint density at radius 3 is 2.67 bits per heavy atom. The summed E-state index contributed by atoms with van der Waals surface area (Å²) in [6, 6.07) is 11.9. The number of aliphatic imine (C=N–C) groups is 1. The van der Waals surface area contributed by atoms with Crippen LogP contribution in [0.25, 0.3) is 5.00 Å². The molecule has 4 nitrogen and oxygen atoms in total. The zero-order chi connectivity index (χ0) is 19.0. The van der Waals surface area contributed by atoms with Crippen molar-refractivity contribution in [1.82, 2.24) is 4.57 Å². The highest BCUT2D eigenvalue weighted by Gasteiger charge is 2.27. The summed E-state index contributed by atoms with van der Waals surface area (Å²) in [5, 5.41) is 10.7. The van der Waals surface area contributed by atoms with Crippen molar-refractivity contribution in [2.24, 2.45) is 4.99 Å². The van der Waals surface area contributed by atoms with Gasteiger partial charge in [-0.05, 0) is 63.3 Å². The number of rotatable bonds is 4. The van der Waals surface area contributed by atoms with E-state index in [1.54, 1.807) is 11.3 Å². The maximum atomic E-state index is 12.0. The number of para-hydroxylation sites is 1. The lowest BCUT2D eigenvalue weighted by atomic mass is 9.95. The highest BCUT2D eigenvalue weighted by Crippen LogP contribution is 2.38. The van der Waals surface area contributed by atoms with Crippen LogP contribution < -0.4 is 0 Å². The predicted octanol–water partition coefficient (Wildman–Crippen LogP) is 5.48. The fourth-order valence-corrected chi connectivity index (χ4v) is 5.31. The monoisotopic (exact) mass is 378 g/mol. The number of carbonyl (C=O) groups is 1. The molecule has 1 N–H and O–H groups in total. The number of aromatic carboxylic acids is 1. The lowest BCUT2D eigenvalue weighted by molar-refractivity contribution is 0.0696. The molecule has 1 aromatic carbocycles. The maximum Gasteiger partial charge on any atom is 0.339 e. The number of benzene rings is 1. The molecule has 0 fully saturated rings. The number of thiophene rings is 1. The average molecular weight is 378 g/mol. The highest BCUT2D eigenvalue weighted by atomic mass is 32.1. The van der Waals surface area contributed by atoms with Crippen molar-refractivity contribution in [3.63, 3.8) is 0 Å². The van der Waals surface area contributed by atoms with E-state index in [1.165, 1.54) is 4.88 Å². The third-order valence-electron chi connectivity index (χ3n) is 5.15. The van der Waals surface area contributed by atoms with E-state index in [9.17, 15) is 9.90 Å². The summed E-state index contributed by atoms with van der Waals surface area (Å²) < 4.78 is 2.08. The van der Waals surface area contributed by atoms with Crippen molar-refractivity contribution in [1.29, 1.82) is 0 Å². The molecule has 0 aliphatic heterocycles. The molecular formula is C22H22N2O2S. The summed E-state index contributed by atoms with van der Waals surface area (Å²) >= 11 is 1.64. The van der Waals surface area contributed by atoms with Crippen LogP contribution in [-0.2, 0) is 12.8 Å². The molecule has 27 heavy (non-hydrogen) atoms. The minimum Gasteiger partial charge on any atom is -0.478 e. The summed E-state index contributed by atoms with van der Waals surface area (Å²) in [5.41, 5.74) is 5.50. The molecule has 0 saturated carbocycles. The first-order valence-corrected chi connectivity index (χ1v) is 10.0. The second-order valence-electron chi connectivity index (χ2n) is 6.95. The van der Waals surface area contributed by atoms with Crippen LogP contribution in [0.1, 0.15) is 50.6 Å². The zero-order valence-corrected chi connectivity index (χ0v) is 16.3. The summed E-state index contributed by atoms with van der Waals surface area (Å²) in [6.07, 6.45) is 5.94. The minimum atomic E-state index is -0.823. The molecule has 0 unspecified atom stereocenters. The fraction of sp³-hybridized carbons (Fsp3) is 0.273. The first kappa shape index (κ1) is 17.7. The topological polar surface area (TPSA) is 54.6 Å². The van der Waals surface area contributed by atoms with E-state index in [0.29, 0.717) is 5.56 Å². The standard InChI is InChI=1S/C22H22N2O2S/c1-14-12-16(13-23-17-8-4-3-5-9-17)15(2)24(14)21-20(22(25)26)18-10-6-7-11-19(18)27-21/h3-5,8-9,12-13H,6-7,10-11H2,1-2H3,(H,25,26). The van der Waals surface area contributed by atoms with Gasteiger partial charge >= 0.3 is 5.97 Å². The maximum absolute atomic E-state index is 12.0. The normalized spacial score (nSPS) is 13.9. The van der Waals surface area contributed by atoms with Gasteiger partial charge in [-0.3, -0.25) is 4.99 Å². The van der Waals surface area contributed by atoms with Gasteiger partial charge in [-0.15, -0.1) is 11.3 Å². The first-order valence-electron chi connectivity index (χ1n) is 9.22. The molecule has 2 heterocycles. The number of aromatic nitrogens is 1. The molecule has 0 spiro atoms. The molecule has 0 atom stereocenters. The van der Waals surface area contributed by atoms with Crippen LogP contribution in [0.2, 0.25) is 0 Å². The van der Waals surface area contributed by atoms with Crippen LogP contribution in [0.4, 0.5) is 5.69 Å². The number of hydrogen-bond donors (Lipinski definition) is 1. The molecule has 2 aromatic heterocycles. The molecule has 4 rings (SSSR count). The molecule has 1 aliphatic rings. The van der Waals surface area contributed by atoms with E-state index in [-0.39, 0.29) is 0 Å². The Kier molecular flexibility index (Phi) is 4.70. The van der Waals surface area contributed by atoms with Gasteiger partial charge in [0.15, 0.2) is 0 Å². The smallest absolute Gasteiger partial charge is 0.339 e. The first-order chi connectivity index (χ1) is 13.1. The van der Waals surface area contributed by atoms with Crippen LogP contribution in [-0.4, -0.2) is 21.9 Å². The largest absolute Gasteiger partial charge is 0.478 e. The molecule has 0 bridgehead atoms. The number of nitrogens with zero attached hydrogens (tertiary/aromatic N) is 2. The van der Waals surface area contributed by atoms with Crippen LogP contribution in [0.15, 0.2) is 41.4 Å². The van der Waals surface area contributed by atoms with Gasteiger partial charge in [0.05, 0.1) is 11.3 Å². The van der Waals surface area contributed by atoms with Gasteiger partial charge in [0.1, 0.15) is 5.00 Å². The third-order valence-corrected chi connectivity index (χ3v) is 6.43. The Morgan fingerprint density at radius 1 is 1.19 bits per heavy atom. The third kappa shape index (κ3) is 3.23. The second kappa shape index (κ2) is 7.16. The lowest BCUT2D eigenvalue weighted by Crippen LogP contribution is -2.09. The summed E-state index contributed by atoms with van der Waals surface area (Å²) in [4.78, 5) is 17.8. The van der Waals surface area contributed by atoms with Crippen molar-refractivity contribution in [2.45, 2.75) is 39.5 Å². The van der Waals surface area contributed by atoms with Gasteiger partial charge < -0.3 is 9.67 Å². The molecule has 138 valence electrons. The number of hydrogen-bond acceptors (Lipinski definition) is 3. The van der Waals surface area contributed by atoms with Crippen molar-refractivity contribution >= 4 is 29.2 Å². The van der Waals surface area contributed by atoms with Crippen molar-refractivity contribution in [2.75, 3.05) is 0 Å². The Bertz CT molecular complexity index is 1030. The van der Waals surface area contributed by atoms with E-state index in [2.05, 4.69) is 15.6 Å². The van der Waals surface area contributed by atoms with Crippen molar-refractivity contribution < 1.29 is 9.90 Å². The molecule has 5 heteroatoms. The van der Waals surface area contributed by atoms with Crippen LogP contribution in [0, 0.1) is 13.8 Å². The van der Waals surface area contributed by atoms with E-state index >= 15 is 0 Å². The number of fused-ring (bicyclic) bond motifs is 1. The van der Waals surface area contributed by atoms with E-state index in [4.69, 9.17) is 0 Å². The quantitative estimate of drug-likeness (QED) is 0.611. The Balaban J connectivity index is 1.80. The molecule has 3 aromatic rings. The zero-order valence-electron chi connectivity index (χ0n) is 15.5. The number of carboxylic acid groups (broad SMARTS) is 1. The SMILES string of the molecule is Cc1cc(C=Nc2ccccc2)c(C)n1-c1sc2c(c1C(=O)O)CCCC2. The van der Waals surface area contributed by atoms with Crippen LogP contribution in [0.5, 0.6) is 0 Å². The second-order valence-corrected chi connectivity index (χ2v) is 8.04. The van der Waals surface area contributed by atoms with Crippen LogP contribution in [0.3, 0.4) is 0 Å². The van der Waals surface area contributed by atoms with E-state index < -0.39 is 5.97 Å². The highest BCUT2D eigenvalue weighted by molar-refractivity contribution is 7.15. The summed E-state index contributed by atoms with van der Waals surface area (Å²) in [6.45, 7) is 4.06. The molecule has 1 aliphatic carbocycles. The van der Waals surface area contributed by atoms with Gasteiger partial charge in [-0.25, -0.2) is 4.79 Å². The number of aryl methyl sites for hydroxylation is 2. The van der Waals surface area contributed by atoms with Crippen LogP contribution >= 0.6 is 11.3 Å². The van der Waals surface area contributed by atoms with Crippen molar-refractivity contribution in [3.05, 3.63) is 69.4 Å². The fourth-order valence-electron chi connectivity index (χ4n) is 3.82. The molecule has 0 saturated heterocycles. The van der Waals surface area contributed by atoms with Gasteiger partial charge in [-0.2, -0.15) is 0 Å². The summed E-state index contributed by atoms with van der Waals surface area (Å²) in [5.74, 6) is -0.823. The predicted molar refractivity (Wildman–Crippen MR) is 110 cm³/mol. The van der Waals surface area contributed by atoms with E-state index in [1.807, 2.05) is 50.4 Å².